The second kappa shape index (κ2) is 11.2. The summed E-state index contributed by atoms with van der Waals surface area (Å²) in [4.78, 5) is 38.8. The smallest absolute Gasteiger partial charge is 0.410 e. The van der Waals surface area contributed by atoms with E-state index in [-0.39, 0.29) is 31.1 Å². The summed E-state index contributed by atoms with van der Waals surface area (Å²) in [6.45, 7) is 7.61. The van der Waals surface area contributed by atoms with Crippen LogP contribution in [0.15, 0.2) is 12.1 Å². The Kier molecular flexibility index (Phi) is 9.22. The van der Waals surface area contributed by atoms with Crippen molar-refractivity contribution in [2.45, 2.75) is 70.9 Å². The lowest BCUT2D eigenvalue weighted by Crippen LogP contribution is -2.48. The van der Waals surface area contributed by atoms with Crippen LogP contribution in [0.25, 0.3) is 0 Å². The Morgan fingerprint density at radius 1 is 1.19 bits per heavy atom. The number of esters is 1. The third kappa shape index (κ3) is 7.01. The summed E-state index contributed by atoms with van der Waals surface area (Å²) in [6, 6.07) is 2.96. The fourth-order valence-corrected chi connectivity index (χ4v) is 4.36. The minimum absolute atomic E-state index is 0.00899. The Balaban J connectivity index is 2.29. The van der Waals surface area contributed by atoms with E-state index in [1.54, 1.807) is 51.8 Å². The molecular formula is C23H31Cl2NO6. The fourth-order valence-electron chi connectivity index (χ4n) is 3.88. The van der Waals surface area contributed by atoms with Crippen molar-refractivity contribution >= 4 is 41.0 Å². The highest BCUT2D eigenvalue weighted by molar-refractivity contribution is 6.42. The number of ether oxygens (including phenoxy) is 3. The molecule has 178 valence electrons. The van der Waals surface area contributed by atoms with Gasteiger partial charge in [-0.05, 0) is 58.6 Å². The summed E-state index contributed by atoms with van der Waals surface area (Å²) in [5, 5.41) is 0.810. The van der Waals surface area contributed by atoms with Crippen molar-refractivity contribution in [1.82, 2.24) is 4.90 Å². The van der Waals surface area contributed by atoms with E-state index < -0.39 is 23.7 Å². The lowest BCUT2D eigenvalue weighted by Gasteiger charge is -2.40. The van der Waals surface area contributed by atoms with Crippen molar-refractivity contribution in [2.24, 2.45) is 0 Å². The van der Waals surface area contributed by atoms with E-state index in [4.69, 9.17) is 37.4 Å². The highest BCUT2D eigenvalue weighted by atomic mass is 35.5. The van der Waals surface area contributed by atoms with Crippen LogP contribution in [0.2, 0.25) is 10.0 Å². The molecule has 1 amide bonds. The molecule has 1 aromatic carbocycles. The summed E-state index contributed by atoms with van der Waals surface area (Å²) in [5.74, 6) is -0.359. The van der Waals surface area contributed by atoms with Gasteiger partial charge >= 0.3 is 12.1 Å². The van der Waals surface area contributed by atoms with E-state index in [0.29, 0.717) is 35.2 Å². The predicted molar refractivity (Wildman–Crippen MR) is 123 cm³/mol. The number of carbonyl (C=O) groups excluding carboxylic acids is 3. The molecule has 32 heavy (non-hydrogen) atoms. The maximum atomic E-state index is 12.8. The van der Waals surface area contributed by atoms with Gasteiger partial charge in [0.05, 0.1) is 23.8 Å². The summed E-state index contributed by atoms with van der Waals surface area (Å²) in [5.41, 5.74) is 0.0840. The number of benzene rings is 1. The van der Waals surface area contributed by atoms with Crippen molar-refractivity contribution in [3.63, 3.8) is 0 Å². The molecule has 0 aromatic heterocycles. The molecule has 0 aliphatic carbocycles. The third-order valence-electron chi connectivity index (χ3n) is 5.17. The number of hydrogen-bond acceptors (Lipinski definition) is 6. The highest BCUT2D eigenvalue weighted by Crippen LogP contribution is 2.44. The van der Waals surface area contributed by atoms with Crippen LogP contribution in [0, 0.1) is 0 Å². The largest absolute Gasteiger partial charge is 0.496 e. The predicted octanol–water partition coefficient (Wildman–Crippen LogP) is 5.40. The maximum Gasteiger partial charge on any atom is 0.410 e. The van der Waals surface area contributed by atoms with Crippen LogP contribution in [0.1, 0.15) is 64.9 Å². The van der Waals surface area contributed by atoms with Gasteiger partial charge in [0.15, 0.2) is 0 Å². The number of halogens is 2. The zero-order chi connectivity index (χ0) is 24.1. The van der Waals surface area contributed by atoms with Crippen LogP contribution in [-0.2, 0) is 19.1 Å². The Bertz CT molecular complexity index is 852. The molecule has 1 aromatic rings. The van der Waals surface area contributed by atoms with Gasteiger partial charge in [0.1, 0.15) is 23.6 Å². The normalized spacial score (nSPS) is 18.8. The number of carbonyl (C=O) groups is 3. The highest BCUT2D eigenvalue weighted by Gasteiger charge is 2.37. The molecule has 2 rings (SSSR count). The molecule has 0 radical (unpaired) electrons. The summed E-state index contributed by atoms with van der Waals surface area (Å²) in [7, 11) is 1.55. The lowest BCUT2D eigenvalue weighted by atomic mass is 9.83. The Hall–Kier alpha value is -1.99. The van der Waals surface area contributed by atoms with Gasteiger partial charge in [0, 0.05) is 24.6 Å². The average molecular weight is 488 g/mol. The molecule has 1 aliphatic heterocycles. The van der Waals surface area contributed by atoms with Crippen LogP contribution < -0.4 is 4.74 Å². The van der Waals surface area contributed by atoms with Crippen molar-refractivity contribution in [1.29, 1.82) is 0 Å². The Labute approximate surface area is 199 Å². The molecule has 9 heteroatoms. The van der Waals surface area contributed by atoms with Crippen LogP contribution >= 0.6 is 23.2 Å². The number of nitrogens with zero attached hydrogens (tertiary/aromatic N) is 1. The minimum atomic E-state index is -0.674. The fraction of sp³-hybridized carbons (Fsp3) is 0.609. The minimum Gasteiger partial charge on any atom is -0.496 e. The van der Waals surface area contributed by atoms with E-state index in [2.05, 4.69) is 0 Å². The number of Topliss-reactive ketones (excluding diaryl/α,β-unsaturated/α-hetero) is 1. The van der Waals surface area contributed by atoms with Gasteiger partial charge in [0.25, 0.3) is 0 Å². The van der Waals surface area contributed by atoms with Gasteiger partial charge in [-0.3, -0.25) is 9.59 Å². The Morgan fingerprint density at radius 3 is 2.47 bits per heavy atom. The molecule has 0 bridgehead atoms. The van der Waals surface area contributed by atoms with Crippen molar-refractivity contribution in [3.05, 3.63) is 27.7 Å². The molecule has 0 unspecified atom stereocenters. The third-order valence-corrected chi connectivity index (χ3v) is 5.99. The Morgan fingerprint density at radius 2 is 1.88 bits per heavy atom. The standard InChI is InChI=1S/C23H31Cl2NO6/c1-6-31-19(28)13-16(27)12-15-11-14(9-10-26(15)22(29)32-23(2,3)4)20-18(30-5)8-7-17(24)21(20)25/h7-8,14-15H,6,9-13H2,1-5H3/t14-,15+/m1/s1. The van der Waals surface area contributed by atoms with Crippen LogP contribution in [-0.4, -0.2) is 54.7 Å². The van der Waals surface area contributed by atoms with Crippen LogP contribution in [0.5, 0.6) is 5.75 Å². The van der Waals surface area contributed by atoms with E-state index in [0.717, 1.165) is 5.56 Å². The molecule has 1 saturated heterocycles. The van der Waals surface area contributed by atoms with Gasteiger partial charge < -0.3 is 19.1 Å². The first-order valence-corrected chi connectivity index (χ1v) is 11.4. The van der Waals surface area contributed by atoms with Crippen LogP contribution in [0.4, 0.5) is 4.79 Å². The second-order valence-electron chi connectivity index (χ2n) is 8.75. The number of ketones is 1. The zero-order valence-corrected chi connectivity index (χ0v) is 20.7. The average Bonchev–Trinajstić information content (AvgIpc) is 2.68. The lowest BCUT2D eigenvalue weighted by molar-refractivity contribution is -0.145. The molecule has 0 spiro atoms. The molecular weight excluding hydrogens is 457 g/mol. The summed E-state index contributed by atoms with van der Waals surface area (Å²) >= 11 is 12.8. The molecule has 1 aliphatic rings. The maximum absolute atomic E-state index is 12.8. The molecule has 1 fully saturated rings. The molecule has 7 nitrogen and oxygen atoms in total. The van der Waals surface area contributed by atoms with Crippen molar-refractivity contribution < 1.29 is 28.6 Å². The second-order valence-corrected chi connectivity index (χ2v) is 9.54. The number of methoxy groups -OCH3 is 1. The van der Waals surface area contributed by atoms with Gasteiger partial charge in [0.2, 0.25) is 0 Å². The first kappa shape index (κ1) is 26.3. The van der Waals surface area contributed by atoms with Crippen molar-refractivity contribution in [2.75, 3.05) is 20.3 Å². The number of hydrogen-bond donors (Lipinski definition) is 0. The van der Waals surface area contributed by atoms with E-state index >= 15 is 0 Å². The monoisotopic (exact) mass is 487 g/mol. The van der Waals surface area contributed by atoms with E-state index in [9.17, 15) is 14.4 Å². The van der Waals surface area contributed by atoms with E-state index in [1.807, 2.05) is 0 Å². The quantitative estimate of drug-likeness (QED) is 0.378. The zero-order valence-electron chi connectivity index (χ0n) is 19.2. The van der Waals surface area contributed by atoms with Gasteiger partial charge in [-0.2, -0.15) is 0 Å². The first-order valence-electron chi connectivity index (χ1n) is 10.7. The number of amides is 1. The number of piperidine rings is 1. The number of likely N-dealkylation sites (tertiary alicyclic amines) is 1. The van der Waals surface area contributed by atoms with Crippen molar-refractivity contribution in [3.8, 4) is 5.75 Å². The molecule has 2 atom stereocenters. The first-order chi connectivity index (χ1) is 15.0. The van der Waals surface area contributed by atoms with E-state index in [1.165, 1.54) is 0 Å². The molecule has 0 N–H and O–H groups in total. The summed E-state index contributed by atoms with van der Waals surface area (Å²) in [6.07, 6.45) is 0.227. The molecule has 1 heterocycles. The van der Waals surface area contributed by atoms with Gasteiger partial charge in [-0.25, -0.2) is 4.79 Å². The SMILES string of the molecule is CCOC(=O)CC(=O)C[C@@H]1C[C@H](c2c(OC)ccc(Cl)c2Cl)CCN1C(=O)OC(C)(C)C. The molecule has 0 saturated carbocycles. The van der Waals surface area contributed by atoms with Gasteiger partial charge in [-0.15, -0.1) is 0 Å². The van der Waals surface area contributed by atoms with Crippen LogP contribution in [0.3, 0.4) is 0 Å². The van der Waals surface area contributed by atoms with Gasteiger partial charge in [-0.1, -0.05) is 23.2 Å². The summed E-state index contributed by atoms with van der Waals surface area (Å²) < 4.78 is 15.9. The number of rotatable bonds is 7. The topological polar surface area (TPSA) is 82.1 Å².